The lowest BCUT2D eigenvalue weighted by Crippen LogP contribution is -2.36. The summed E-state index contributed by atoms with van der Waals surface area (Å²) in [5, 5.41) is 7.62. The molecular formula is C24H24ClN5O4. The van der Waals surface area contributed by atoms with Gasteiger partial charge < -0.3 is 19.5 Å². The number of hydrogen-bond donors (Lipinski definition) is 1. The number of benzene rings is 2. The number of hydrogen-bond acceptors (Lipinski definition) is 6. The minimum atomic E-state index is -0.372. The molecule has 0 saturated carbocycles. The van der Waals surface area contributed by atoms with Crippen molar-refractivity contribution < 1.29 is 14.1 Å². The van der Waals surface area contributed by atoms with Gasteiger partial charge in [-0.3, -0.25) is 13.9 Å². The second-order valence-electron chi connectivity index (χ2n) is 8.25. The van der Waals surface area contributed by atoms with Gasteiger partial charge in [-0.25, -0.2) is 4.79 Å². The van der Waals surface area contributed by atoms with E-state index >= 15 is 0 Å². The van der Waals surface area contributed by atoms with E-state index in [2.05, 4.69) is 15.4 Å². The molecule has 1 fully saturated rings. The van der Waals surface area contributed by atoms with Crippen LogP contribution in [0.25, 0.3) is 22.3 Å². The van der Waals surface area contributed by atoms with E-state index in [1.54, 1.807) is 42.3 Å². The van der Waals surface area contributed by atoms with Crippen LogP contribution in [-0.2, 0) is 18.8 Å². The molecule has 3 heterocycles. The first-order valence-electron chi connectivity index (χ1n) is 10.9. The van der Waals surface area contributed by atoms with Crippen molar-refractivity contribution in [2.75, 3.05) is 36.5 Å². The summed E-state index contributed by atoms with van der Waals surface area (Å²) < 4.78 is 14.0. The number of amides is 1. The average Bonchev–Trinajstić information content (AvgIpc) is 3.32. The van der Waals surface area contributed by atoms with Crippen molar-refractivity contribution in [3.8, 4) is 11.3 Å². The Balaban J connectivity index is 1.61. The van der Waals surface area contributed by atoms with Crippen molar-refractivity contribution >= 4 is 39.9 Å². The summed E-state index contributed by atoms with van der Waals surface area (Å²) in [6.07, 6.45) is 0. The number of halogens is 1. The summed E-state index contributed by atoms with van der Waals surface area (Å²) in [5.41, 5.74) is 4.07. The molecule has 1 N–H and O–H groups in total. The van der Waals surface area contributed by atoms with Crippen LogP contribution in [0, 0.1) is 6.92 Å². The third-order valence-electron chi connectivity index (χ3n) is 6.21. The van der Waals surface area contributed by atoms with Crippen LogP contribution in [0.3, 0.4) is 0 Å². The first-order valence-corrected chi connectivity index (χ1v) is 11.3. The van der Waals surface area contributed by atoms with Crippen LogP contribution in [0.15, 0.2) is 45.7 Å². The summed E-state index contributed by atoms with van der Waals surface area (Å²) in [5.74, 6) is 0.0111. The summed E-state index contributed by atoms with van der Waals surface area (Å²) in [6.45, 7) is 4.20. The zero-order valence-electron chi connectivity index (χ0n) is 19.1. The van der Waals surface area contributed by atoms with Crippen LogP contribution >= 0.6 is 11.6 Å². The fraction of sp³-hybridized carbons (Fsp3) is 0.292. The Labute approximate surface area is 200 Å². The zero-order chi connectivity index (χ0) is 24.0. The Bertz CT molecular complexity index is 1460. The summed E-state index contributed by atoms with van der Waals surface area (Å²) in [6, 6.07) is 10.9. The van der Waals surface area contributed by atoms with Crippen molar-refractivity contribution in [3.05, 3.63) is 63.2 Å². The van der Waals surface area contributed by atoms with Gasteiger partial charge in [0.05, 0.1) is 40.6 Å². The third kappa shape index (κ3) is 3.66. The standard InChI is InChI=1S/C24H24ClN5O4/c1-14-21(22(27-34-14)15-6-4-5-7-16(15)25)23(31)26-17-12-19-20(29(3)24(32)28(19)2)13-18(17)30-8-10-33-11-9-30/h4-7,12-13H,8-11H2,1-3H3,(H,26,31). The number of imidazole rings is 1. The molecule has 2 aromatic heterocycles. The maximum atomic E-state index is 13.6. The monoisotopic (exact) mass is 481 g/mol. The number of carbonyl (C=O) groups is 1. The van der Waals surface area contributed by atoms with Crippen LogP contribution in [0.1, 0.15) is 16.1 Å². The molecule has 10 heteroatoms. The van der Waals surface area contributed by atoms with Crippen molar-refractivity contribution in [3.63, 3.8) is 0 Å². The van der Waals surface area contributed by atoms with Crippen molar-refractivity contribution in [1.29, 1.82) is 0 Å². The normalized spacial score (nSPS) is 14.1. The SMILES string of the molecule is Cc1onc(-c2ccccc2Cl)c1C(=O)Nc1cc2c(cc1N1CCOCC1)n(C)c(=O)n2C. The average molecular weight is 482 g/mol. The van der Waals surface area contributed by atoms with Crippen molar-refractivity contribution in [1.82, 2.24) is 14.3 Å². The van der Waals surface area contributed by atoms with Crippen LogP contribution in [0.5, 0.6) is 0 Å². The van der Waals surface area contributed by atoms with E-state index in [1.807, 2.05) is 24.3 Å². The number of fused-ring (bicyclic) bond motifs is 1. The number of ether oxygens (including phenoxy) is 1. The van der Waals surface area contributed by atoms with Gasteiger partial charge in [0.1, 0.15) is 17.0 Å². The Morgan fingerprint density at radius 2 is 1.76 bits per heavy atom. The molecule has 0 radical (unpaired) electrons. The van der Waals surface area contributed by atoms with Gasteiger partial charge in [-0.2, -0.15) is 0 Å². The van der Waals surface area contributed by atoms with E-state index in [-0.39, 0.29) is 11.6 Å². The van der Waals surface area contributed by atoms with Gasteiger partial charge in [-0.05, 0) is 25.1 Å². The molecule has 1 aliphatic heterocycles. The second kappa shape index (κ2) is 8.66. The Kier molecular flexibility index (Phi) is 5.66. The van der Waals surface area contributed by atoms with Gasteiger partial charge in [0.2, 0.25) is 0 Å². The van der Waals surface area contributed by atoms with E-state index in [1.165, 1.54) is 0 Å². The van der Waals surface area contributed by atoms with E-state index in [0.29, 0.717) is 65.1 Å². The van der Waals surface area contributed by atoms with Gasteiger partial charge in [-0.1, -0.05) is 35.0 Å². The predicted octanol–water partition coefficient (Wildman–Crippen LogP) is 3.58. The third-order valence-corrected chi connectivity index (χ3v) is 6.54. The van der Waals surface area contributed by atoms with E-state index in [4.69, 9.17) is 20.9 Å². The number of morpholine rings is 1. The minimum absolute atomic E-state index is 0.137. The first-order chi connectivity index (χ1) is 16.4. The molecule has 4 aromatic rings. The fourth-order valence-corrected chi connectivity index (χ4v) is 4.59. The van der Waals surface area contributed by atoms with Gasteiger partial charge in [0, 0.05) is 32.7 Å². The summed E-state index contributed by atoms with van der Waals surface area (Å²) in [7, 11) is 3.45. The lowest BCUT2D eigenvalue weighted by Gasteiger charge is -2.30. The lowest BCUT2D eigenvalue weighted by atomic mass is 10.1. The molecule has 0 unspecified atom stereocenters. The zero-order valence-corrected chi connectivity index (χ0v) is 19.8. The quantitative estimate of drug-likeness (QED) is 0.478. The summed E-state index contributed by atoms with van der Waals surface area (Å²) in [4.78, 5) is 28.2. The molecule has 5 rings (SSSR count). The second-order valence-corrected chi connectivity index (χ2v) is 8.66. The molecule has 34 heavy (non-hydrogen) atoms. The predicted molar refractivity (Wildman–Crippen MR) is 131 cm³/mol. The Morgan fingerprint density at radius 1 is 1.09 bits per heavy atom. The lowest BCUT2D eigenvalue weighted by molar-refractivity contribution is 0.102. The number of nitrogens with one attached hydrogen (secondary N) is 1. The number of aromatic nitrogens is 3. The number of aryl methyl sites for hydroxylation is 3. The highest BCUT2D eigenvalue weighted by atomic mass is 35.5. The molecule has 0 spiro atoms. The fourth-order valence-electron chi connectivity index (χ4n) is 4.36. The topological polar surface area (TPSA) is 94.5 Å². The number of carbonyl (C=O) groups excluding carboxylic acids is 1. The number of rotatable bonds is 4. The number of anilines is 2. The summed E-state index contributed by atoms with van der Waals surface area (Å²) >= 11 is 6.36. The molecule has 1 amide bonds. The highest BCUT2D eigenvalue weighted by Crippen LogP contribution is 2.35. The number of nitrogens with zero attached hydrogens (tertiary/aromatic N) is 4. The maximum absolute atomic E-state index is 13.6. The van der Waals surface area contributed by atoms with Crippen LogP contribution in [0.2, 0.25) is 5.02 Å². The van der Waals surface area contributed by atoms with Crippen LogP contribution < -0.4 is 15.9 Å². The molecule has 1 saturated heterocycles. The molecule has 1 aliphatic rings. The molecule has 9 nitrogen and oxygen atoms in total. The van der Waals surface area contributed by atoms with E-state index in [0.717, 1.165) is 11.2 Å². The van der Waals surface area contributed by atoms with E-state index < -0.39 is 0 Å². The van der Waals surface area contributed by atoms with Gasteiger partial charge in [-0.15, -0.1) is 0 Å². The molecule has 0 aliphatic carbocycles. The van der Waals surface area contributed by atoms with Crippen LogP contribution in [-0.4, -0.2) is 46.5 Å². The maximum Gasteiger partial charge on any atom is 0.328 e. The van der Waals surface area contributed by atoms with Gasteiger partial charge in [0.15, 0.2) is 0 Å². The molecule has 176 valence electrons. The Hall–Kier alpha value is -3.56. The molecule has 2 aromatic carbocycles. The highest BCUT2D eigenvalue weighted by molar-refractivity contribution is 6.33. The largest absolute Gasteiger partial charge is 0.378 e. The molecule has 0 atom stereocenters. The van der Waals surface area contributed by atoms with Gasteiger partial charge in [0.25, 0.3) is 5.91 Å². The molecular weight excluding hydrogens is 458 g/mol. The van der Waals surface area contributed by atoms with Crippen molar-refractivity contribution in [2.45, 2.75) is 6.92 Å². The van der Waals surface area contributed by atoms with Crippen molar-refractivity contribution in [2.24, 2.45) is 14.1 Å². The van der Waals surface area contributed by atoms with Gasteiger partial charge >= 0.3 is 5.69 Å². The smallest absolute Gasteiger partial charge is 0.328 e. The first kappa shape index (κ1) is 22.2. The molecule has 0 bridgehead atoms. The minimum Gasteiger partial charge on any atom is -0.378 e. The van der Waals surface area contributed by atoms with Crippen LogP contribution in [0.4, 0.5) is 11.4 Å². The highest BCUT2D eigenvalue weighted by Gasteiger charge is 2.26. The Morgan fingerprint density at radius 3 is 2.47 bits per heavy atom. The van der Waals surface area contributed by atoms with E-state index in [9.17, 15) is 9.59 Å².